The zero-order valence-electron chi connectivity index (χ0n) is 8.66. The van der Waals surface area contributed by atoms with Crippen LogP contribution in [-0.4, -0.2) is 20.6 Å². The van der Waals surface area contributed by atoms with Gasteiger partial charge in [-0.15, -0.1) is 0 Å². The molecule has 1 atom stereocenters. The maximum atomic E-state index is 11.2. The molecule has 16 heavy (non-hydrogen) atoms. The van der Waals surface area contributed by atoms with E-state index in [2.05, 4.69) is 14.7 Å². The molecule has 0 saturated carbocycles. The lowest BCUT2D eigenvalue weighted by Crippen LogP contribution is -1.86. The molecule has 0 N–H and O–H groups in total. The minimum atomic E-state index is -0.934. The van der Waals surface area contributed by atoms with E-state index in [0.29, 0.717) is 5.82 Å². The molecule has 0 spiro atoms. The molecule has 1 unspecified atom stereocenters. The highest BCUT2D eigenvalue weighted by atomic mass is 32.2. The van der Waals surface area contributed by atoms with Gasteiger partial charge in [-0.2, -0.15) is 4.98 Å². The topological polar surface area (TPSA) is 56.0 Å². The Hall–Kier alpha value is -1.75. The molecule has 0 aliphatic carbocycles. The van der Waals surface area contributed by atoms with Gasteiger partial charge in [0.1, 0.15) is 0 Å². The van der Waals surface area contributed by atoms with Gasteiger partial charge < -0.3 is 4.52 Å². The van der Waals surface area contributed by atoms with Gasteiger partial charge in [0.15, 0.2) is 5.82 Å². The van der Waals surface area contributed by atoms with E-state index in [1.54, 1.807) is 12.3 Å². The first-order valence-corrected chi connectivity index (χ1v) is 6.19. The molecule has 2 rings (SSSR count). The Morgan fingerprint density at radius 2 is 2.00 bits per heavy atom. The second-order valence-electron chi connectivity index (χ2n) is 3.15. The molecule has 0 aliphatic heterocycles. The Morgan fingerprint density at radius 3 is 2.56 bits per heavy atom. The molecule has 0 amide bonds. The molecule has 0 saturated heterocycles. The minimum Gasteiger partial charge on any atom is -0.342 e. The summed E-state index contributed by atoms with van der Waals surface area (Å²) in [6.07, 6.45) is 6.56. The average molecular weight is 234 g/mol. The fourth-order valence-electron chi connectivity index (χ4n) is 1.19. The molecule has 0 fully saturated rings. The molecule has 0 radical (unpaired) electrons. The molecular formula is C11H10N2O2S. The smallest absolute Gasteiger partial charge is 0.214 e. The Kier molecular flexibility index (Phi) is 3.26. The van der Waals surface area contributed by atoms with Gasteiger partial charge in [0.2, 0.25) is 6.39 Å². The summed E-state index contributed by atoms with van der Waals surface area (Å²) in [6, 6.07) is 7.47. The van der Waals surface area contributed by atoms with Crippen LogP contribution in [0.1, 0.15) is 11.4 Å². The van der Waals surface area contributed by atoms with Gasteiger partial charge in [-0.3, -0.25) is 4.21 Å². The first-order valence-electron chi connectivity index (χ1n) is 4.63. The van der Waals surface area contributed by atoms with Crippen molar-refractivity contribution in [2.75, 3.05) is 6.26 Å². The third-order valence-electron chi connectivity index (χ3n) is 2.02. The first kappa shape index (κ1) is 10.8. The Balaban J connectivity index is 2.14. The third-order valence-corrected chi connectivity index (χ3v) is 2.95. The van der Waals surface area contributed by atoms with Crippen molar-refractivity contribution >= 4 is 23.0 Å². The fraction of sp³-hybridized carbons (Fsp3) is 0.0909. The molecular weight excluding hydrogens is 224 g/mol. The fourth-order valence-corrected chi connectivity index (χ4v) is 1.71. The highest BCUT2D eigenvalue weighted by molar-refractivity contribution is 7.84. The van der Waals surface area contributed by atoms with Crippen molar-refractivity contribution in [2.24, 2.45) is 0 Å². The van der Waals surface area contributed by atoms with Crippen molar-refractivity contribution in [1.82, 2.24) is 10.1 Å². The van der Waals surface area contributed by atoms with Crippen molar-refractivity contribution in [3.05, 3.63) is 42.0 Å². The van der Waals surface area contributed by atoms with E-state index >= 15 is 0 Å². The maximum absolute atomic E-state index is 11.2. The zero-order chi connectivity index (χ0) is 11.4. The van der Waals surface area contributed by atoms with Crippen LogP contribution in [-0.2, 0) is 10.8 Å². The normalized spacial score (nSPS) is 13.1. The van der Waals surface area contributed by atoms with Crippen LogP contribution in [0.5, 0.6) is 0 Å². The first-order chi connectivity index (χ1) is 7.75. The summed E-state index contributed by atoms with van der Waals surface area (Å²) >= 11 is 0. The summed E-state index contributed by atoms with van der Waals surface area (Å²) in [5.74, 6) is 0.531. The Morgan fingerprint density at radius 1 is 1.25 bits per heavy atom. The van der Waals surface area contributed by atoms with E-state index in [-0.39, 0.29) is 0 Å². The SMILES string of the molecule is CS(=O)c1ccc(/C=C/c2ncon2)cc1. The molecule has 0 aliphatic rings. The van der Waals surface area contributed by atoms with Crippen LogP contribution in [0.25, 0.3) is 12.2 Å². The van der Waals surface area contributed by atoms with Crippen LogP contribution in [0, 0.1) is 0 Å². The van der Waals surface area contributed by atoms with E-state index in [4.69, 9.17) is 0 Å². The van der Waals surface area contributed by atoms with Crippen molar-refractivity contribution in [1.29, 1.82) is 0 Å². The molecule has 1 aromatic heterocycles. The maximum Gasteiger partial charge on any atom is 0.214 e. The zero-order valence-corrected chi connectivity index (χ0v) is 9.48. The summed E-state index contributed by atoms with van der Waals surface area (Å²) in [7, 11) is -0.934. The third kappa shape index (κ3) is 2.64. The summed E-state index contributed by atoms with van der Waals surface area (Å²) in [6.45, 7) is 0. The Labute approximate surface area is 95.5 Å². The number of aromatic nitrogens is 2. The predicted octanol–water partition coefficient (Wildman–Crippen LogP) is 1.98. The number of hydrogen-bond donors (Lipinski definition) is 0. The average Bonchev–Trinajstić information content (AvgIpc) is 2.80. The van der Waals surface area contributed by atoms with E-state index in [0.717, 1.165) is 10.5 Å². The molecule has 1 aromatic carbocycles. The molecule has 2 aromatic rings. The van der Waals surface area contributed by atoms with Gasteiger partial charge in [0, 0.05) is 22.0 Å². The van der Waals surface area contributed by atoms with E-state index in [1.165, 1.54) is 6.39 Å². The summed E-state index contributed by atoms with van der Waals surface area (Å²) < 4.78 is 15.8. The monoisotopic (exact) mass is 234 g/mol. The molecule has 5 heteroatoms. The predicted molar refractivity (Wildman–Crippen MR) is 62.0 cm³/mol. The lowest BCUT2D eigenvalue weighted by atomic mass is 10.2. The quantitative estimate of drug-likeness (QED) is 0.814. The summed E-state index contributed by atoms with van der Waals surface area (Å²) in [5.41, 5.74) is 0.999. The van der Waals surface area contributed by atoms with Crippen molar-refractivity contribution in [3.8, 4) is 0 Å². The van der Waals surface area contributed by atoms with Gasteiger partial charge in [0.05, 0.1) is 0 Å². The Bertz CT molecular complexity index is 503. The van der Waals surface area contributed by atoms with E-state index in [1.807, 2.05) is 30.3 Å². The van der Waals surface area contributed by atoms with Gasteiger partial charge in [-0.1, -0.05) is 23.4 Å². The lowest BCUT2D eigenvalue weighted by Gasteiger charge is -1.96. The largest absolute Gasteiger partial charge is 0.342 e. The van der Waals surface area contributed by atoms with E-state index in [9.17, 15) is 4.21 Å². The molecule has 1 heterocycles. The van der Waals surface area contributed by atoms with Gasteiger partial charge in [-0.05, 0) is 23.8 Å². The van der Waals surface area contributed by atoms with Gasteiger partial charge in [0.25, 0.3) is 0 Å². The number of benzene rings is 1. The second-order valence-corrected chi connectivity index (χ2v) is 4.53. The second kappa shape index (κ2) is 4.85. The highest BCUT2D eigenvalue weighted by Crippen LogP contribution is 2.10. The minimum absolute atomic E-state index is 0.531. The van der Waals surface area contributed by atoms with Crippen molar-refractivity contribution < 1.29 is 8.73 Å². The molecule has 0 bridgehead atoms. The summed E-state index contributed by atoms with van der Waals surface area (Å²) in [4.78, 5) is 4.68. The van der Waals surface area contributed by atoms with Gasteiger partial charge >= 0.3 is 0 Å². The number of nitrogens with zero attached hydrogens (tertiary/aromatic N) is 2. The molecule has 4 nitrogen and oxygen atoms in total. The van der Waals surface area contributed by atoms with Crippen LogP contribution < -0.4 is 0 Å². The standard InChI is InChI=1S/C11H10N2O2S/c1-16(14)10-5-2-9(3-6-10)4-7-11-12-8-15-13-11/h2-8H,1H3/b7-4+. The van der Waals surface area contributed by atoms with Crippen LogP contribution >= 0.6 is 0 Å². The van der Waals surface area contributed by atoms with Crippen LogP contribution in [0.3, 0.4) is 0 Å². The number of hydrogen-bond acceptors (Lipinski definition) is 4. The van der Waals surface area contributed by atoms with E-state index < -0.39 is 10.8 Å². The van der Waals surface area contributed by atoms with Gasteiger partial charge in [-0.25, -0.2) is 0 Å². The van der Waals surface area contributed by atoms with Crippen LogP contribution in [0.15, 0.2) is 40.1 Å². The number of rotatable bonds is 3. The highest BCUT2D eigenvalue weighted by Gasteiger charge is 1.96. The molecule has 82 valence electrons. The van der Waals surface area contributed by atoms with Crippen LogP contribution in [0.2, 0.25) is 0 Å². The van der Waals surface area contributed by atoms with Crippen LogP contribution in [0.4, 0.5) is 0 Å². The lowest BCUT2D eigenvalue weighted by molar-refractivity contribution is 0.415. The van der Waals surface area contributed by atoms with Crippen molar-refractivity contribution in [2.45, 2.75) is 4.90 Å². The summed E-state index contributed by atoms with van der Waals surface area (Å²) in [5, 5.41) is 3.66. The van der Waals surface area contributed by atoms with Crippen molar-refractivity contribution in [3.63, 3.8) is 0 Å².